The van der Waals surface area contributed by atoms with Crippen molar-refractivity contribution in [2.75, 3.05) is 18.9 Å². The van der Waals surface area contributed by atoms with E-state index in [0.29, 0.717) is 17.3 Å². The maximum atomic E-state index is 11.3. The molecule has 2 aromatic rings. The molecule has 0 fully saturated rings. The Balaban J connectivity index is 2.31. The molecule has 8 heteroatoms. The lowest BCUT2D eigenvalue weighted by molar-refractivity contribution is -0.118. The summed E-state index contributed by atoms with van der Waals surface area (Å²) < 4.78 is 1.35. The predicted molar refractivity (Wildman–Crippen MR) is 60.9 cm³/mol. The third kappa shape index (κ3) is 2.10. The summed E-state index contributed by atoms with van der Waals surface area (Å²) in [5.41, 5.74) is 0.129. The van der Waals surface area contributed by atoms with Gasteiger partial charge in [0.25, 0.3) is 0 Å². The molecule has 0 spiro atoms. The minimum atomic E-state index is -0.331. The van der Waals surface area contributed by atoms with E-state index in [1.165, 1.54) is 4.40 Å². The summed E-state index contributed by atoms with van der Waals surface area (Å²) in [7, 11) is 1.55. The topological polar surface area (TPSA) is 104 Å². The Bertz CT molecular complexity index is 613. The number of carbonyl (C=O) groups excluding carboxylic acids is 1. The van der Waals surface area contributed by atoms with Gasteiger partial charge in [0.2, 0.25) is 5.91 Å². The second kappa shape index (κ2) is 4.24. The Labute approximate surface area is 96.1 Å². The lowest BCUT2D eigenvalue weighted by Gasteiger charge is -2.05. The van der Waals surface area contributed by atoms with E-state index < -0.39 is 0 Å². The van der Waals surface area contributed by atoms with Crippen molar-refractivity contribution in [1.29, 1.82) is 0 Å². The molecule has 17 heavy (non-hydrogen) atoms. The molecule has 0 radical (unpaired) electrons. The summed E-state index contributed by atoms with van der Waals surface area (Å²) in [6, 6.07) is 1.59. The summed E-state index contributed by atoms with van der Waals surface area (Å²) in [5.74, 6) is 0.849. The van der Waals surface area contributed by atoms with Gasteiger partial charge >= 0.3 is 5.69 Å². The maximum Gasteiger partial charge on any atom is 0.349 e. The summed E-state index contributed by atoms with van der Waals surface area (Å²) in [6.45, 7) is 1.81. The highest BCUT2D eigenvalue weighted by atomic mass is 16.2. The third-order valence-electron chi connectivity index (χ3n) is 2.28. The van der Waals surface area contributed by atoms with E-state index in [9.17, 15) is 9.59 Å². The van der Waals surface area contributed by atoms with Crippen LogP contribution < -0.4 is 16.3 Å². The Hall–Kier alpha value is -2.38. The highest BCUT2D eigenvalue weighted by Gasteiger charge is 2.07. The number of nitrogens with zero attached hydrogens (tertiary/aromatic N) is 3. The number of hydrogen-bond acceptors (Lipinski definition) is 5. The van der Waals surface area contributed by atoms with Gasteiger partial charge in [-0.05, 0) is 6.92 Å². The monoisotopic (exact) mass is 236 g/mol. The van der Waals surface area contributed by atoms with Crippen LogP contribution in [0.1, 0.15) is 5.82 Å². The minimum absolute atomic E-state index is 0.119. The molecule has 0 aliphatic heterocycles. The van der Waals surface area contributed by atoms with Crippen molar-refractivity contribution in [2.24, 2.45) is 0 Å². The quantitative estimate of drug-likeness (QED) is 0.626. The molecule has 3 N–H and O–H groups in total. The first-order valence-corrected chi connectivity index (χ1v) is 5.01. The molecular formula is C9H12N6O2. The molecule has 0 unspecified atom stereocenters. The van der Waals surface area contributed by atoms with Gasteiger partial charge in [0.1, 0.15) is 11.6 Å². The summed E-state index contributed by atoms with van der Waals surface area (Å²) in [6.07, 6.45) is 0. The zero-order valence-corrected chi connectivity index (χ0v) is 9.44. The van der Waals surface area contributed by atoms with Gasteiger partial charge in [0.05, 0.1) is 6.54 Å². The van der Waals surface area contributed by atoms with Crippen molar-refractivity contribution in [3.8, 4) is 0 Å². The van der Waals surface area contributed by atoms with Gasteiger partial charge in [0.15, 0.2) is 5.65 Å². The van der Waals surface area contributed by atoms with Crippen LogP contribution in [-0.2, 0) is 4.79 Å². The van der Waals surface area contributed by atoms with Crippen LogP contribution in [-0.4, -0.2) is 39.1 Å². The lowest BCUT2D eigenvalue weighted by Crippen LogP contribution is -2.26. The smallest absolute Gasteiger partial charge is 0.349 e. The van der Waals surface area contributed by atoms with Crippen LogP contribution in [0.4, 0.5) is 5.82 Å². The van der Waals surface area contributed by atoms with Crippen molar-refractivity contribution in [3.63, 3.8) is 0 Å². The fourth-order valence-electron chi connectivity index (χ4n) is 1.45. The first kappa shape index (κ1) is 11.1. The molecular weight excluding hydrogens is 224 g/mol. The van der Waals surface area contributed by atoms with Gasteiger partial charge in [-0.25, -0.2) is 19.3 Å². The lowest BCUT2D eigenvalue weighted by atomic mass is 10.5. The predicted octanol–water partition coefficient (Wildman–Crippen LogP) is -1.12. The second-order valence-electron chi connectivity index (χ2n) is 3.44. The summed E-state index contributed by atoms with van der Waals surface area (Å²) in [5, 5.41) is 11.5. The van der Waals surface area contributed by atoms with E-state index in [2.05, 4.69) is 25.8 Å². The molecule has 0 aromatic carbocycles. The molecule has 2 rings (SSSR count). The van der Waals surface area contributed by atoms with Gasteiger partial charge < -0.3 is 10.6 Å². The van der Waals surface area contributed by atoms with Crippen LogP contribution in [0.5, 0.6) is 0 Å². The Kier molecular flexibility index (Phi) is 2.77. The normalized spacial score (nSPS) is 10.5. The van der Waals surface area contributed by atoms with Gasteiger partial charge in [-0.3, -0.25) is 4.79 Å². The van der Waals surface area contributed by atoms with Crippen LogP contribution in [0.15, 0.2) is 10.9 Å². The number of carbonyl (C=O) groups is 1. The zero-order chi connectivity index (χ0) is 12.4. The fourth-order valence-corrected chi connectivity index (χ4v) is 1.45. The van der Waals surface area contributed by atoms with E-state index in [4.69, 9.17) is 0 Å². The molecule has 0 aliphatic carbocycles. The van der Waals surface area contributed by atoms with Crippen molar-refractivity contribution in [1.82, 2.24) is 24.9 Å². The molecule has 0 saturated carbocycles. The number of anilines is 1. The van der Waals surface area contributed by atoms with E-state index in [1.54, 1.807) is 20.0 Å². The molecule has 8 nitrogen and oxygen atoms in total. The maximum absolute atomic E-state index is 11.3. The van der Waals surface area contributed by atoms with E-state index >= 15 is 0 Å². The Morgan fingerprint density at radius 3 is 3.06 bits per heavy atom. The van der Waals surface area contributed by atoms with E-state index in [1.807, 2.05) is 0 Å². The molecule has 0 atom stereocenters. The summed E-state index contributed by atoms with van der Waals surface area (Å²) in [4.78, 5) is 26.6. The van der Waals surface area contributed by atoms with Gasteiger partial charge in [-0.2, -0.15) is 5.10 Å². The Morgan fingerprint density at radius 1 is 1.59 bits per heavy atom. The van der Waals surface area contributed by atoms with Gasteiger partial charge in [0, 0.05) is 13.1 Å². The molecule has 2 heterocycles. The average Bonchev–Trinajstić information content (AvgIpc) is 2.68. The summed E-state index contributed by atoms with van der Waals surface area (Å²) >= 11 is 0. The van der Waals surface area contributed by atoms with Crippen molar-refractivity contribution in [2.45, 2.75) is 6.92 Å². The number of nitrogens with one attached hydrogen (secondary N) is 3. The van der Waals surface area contributed by atoms with Crippen LogP contribution in [0.3, 0.4) is 0 Å². The van der Waals surface area contributed by atoms with Crippen molar-refractivity contribution < 1.29 is 4.79 Å². The van der Waals surface area contributed by atoms with E-state index in [-0.39, 0.29) is 18.1 Å². The van der Waals surface area contributed by atoms with Crippen molar-refractivity contribution in [3.05, 3.63) is 22.4 Å². The molecule has 0 bridgehead atoms. The first-order valence-electron chi connectivity index (χ1n) is 5.01. The fraction of sp³-hybridized carbons (Fsp3) is 0.333. The number of aromatic nitrogens is 4. The van der Waals surface area contributed by atoms with Crippen molar-refractivity contribution >= 4 is 17.4 Å². The first-order chi connectivity index (χ1) is 8.11. The minimum Gasteiger partial charge on any atom is -0.361 e. The molecule has 90 valence electrons. The average molecular weight is 236 g/mol. The van der Waals surface area contributed by atoms with Crippen LogP contribution in [0, 0.1) is 6.92 Å². The highest BCUT2D eigenvalue weighted by molar-refractivity contribution is 5.80. The number of hydrogen-bond donors (Lipinski definition) is 3. The highest BCUT2D eigenvalue weighted by Crippen LogP contribution is 2.06. The third-order valence-corrected chi connectivity index (χ3v) is 2.28. The molecule has 0 saturated heterocycles. The number of aromatic amines is 1. The zero-order valence-electron chi connectivity index (χ0n) is 9.44. The second-order valence-corrected chi connectivity index (χ2v) is 3.44. The van der Waals surface area contributed by atoms with Crippen LogP contribution in [0.2, 0.25) is 0 Å². The van der Waals surface area contributed by atoms with Gasteiger partial charge in [-0.1, -0.05) is 0 Å². The number of aryl methyl sites for hydroxylation is 1. The number of H-pyrrole nitrogens is 1. The molecule has 1 amide bonds. The number of amides is 1. The van der Waals surface area contributed by atoms with Crippen LogP contribution >= 0.6 is 0 Å². The van der Waals surface area contributed by atoms with E-state index in [0.717, 1.165) is 0 Å². The largest absolute Gasteiger partial charge is 0.361 e. The number of likely N-dealkylation sites (N-methyl/N-ethyl adjacent to an activating group) is 1. The molecule has 0 aliphatic rings. The SMILES string of the molecule is CNC(=O)CNc1cc2n[nH]c(=O)n2c(C)n1. The number of fused-ring (bicyclic) bond motifs is 1. The van der Waals surface area contributed by atoms with Gasteiger partial charge in [-0.15, -0.1) is 0 Å². The molecule has 2 aromatic heterocycles. The Morgan fingerprint density at radius 2 is 2.35 bits per heavy atom. The number of rotatable bonds is 3. The van der Waals surface area contributed by atoms with Crippen LogP contribution in [0.25, 0.3) is 5.65 Å². The standard InChI is InChI=1S/C9H12N6O2/c1-5-12-6(11-4-8(16)10-2)3-7-13-14-9(17)15(5)7/h3,11H,4H2,1-2H3,(H,10,16)(H,14,17).